The molecule has 11 nitrogen and oxygen atoms in total. The molecule has 0 saturated carbocycles. The lowest BCUT2D eigenvalue weighted by Crippen LogP contribution is -2.56. The predicted octanol–water partition coefficient (Wildman–Crippen LogP) is -0.655. The van der Waals surface area contributed by atoms with Gasteiger partial charge in [-0.25, -0.2) is 0 Å². The van der Waals surface area contributed by atoms with Crippen molar-refractivity contribution in [3.8, 4) is 0 Å². The van der Waals surface area contributed by atoms with E-state index in [1.165, 1.54) is 11.8 Å². The highest BCUT2D eigenvalue weighted by Gasteiger charge is 2.28. The summed E-state index contributed by atoms with van der Waals surface area (Å²) in [7, 11) is 0. The van der Waals surface area contributed by atoms with Crippen LogP contribution in [0.15, 0.2) is 30.3 Å². The number of hydrogen-bond acceptors (Lipinski definition) is 7. The molecule has 182 valence electrons. The molecule has 3 unspecified atom stereocenters. The van der Waals surface area contributed by atoms with E-state index in [0.717, 1.165) is 5.56 Å². The Hall–Kier alpha value is -3.12. The van der Waals surface area contributed by atoms with E-state index < -0.39 is 60.8 Å². The number of rotatable bonds is 15. The molecular formula is C21H30N4O7S. The molecule has 3 atom stereocenters. The van der Waals surface area contributed by atoms with E-state index in [4.69, 9.17) is 15.9 Å². The van der Waals surface area contributed by atoms with E-state index in [1.807, 2.05) is 6.26 Å². The van der Waals surface area contributed by atoms with Gasteiger partial charge in [0.05, 0.1) is 6.04 Å². The fraction of sp³-hybridized carbons (Fsp3) is 0.476. The van der Waals surface area contributed by atoms with Crippen molar-refractivity contribution in [2.24, 2.45) is 5.73 Å². The van der Waals surface area contributed by atoms with Gasteiger partial charge < -0.3 is 31.9 Å². The highest BCUT2D eigenvalue weighted by atomic mass is 32.2. The molecule has 3 amide bonds. The number of carbonyl (C=O) groups excluding carboxylic acids is 3. The molecule has 0 spiro atoms. The maximum Gasteiger partial charge on any atom is 0.322 e. The molecule has 0 saturated heterocycles. The zero-order valence-corrected chi connectivity index (χ0v) is 19.1. The van der Waals surface area contributed by atoms with Gasteiger partial charge in [0.2, 0.25) is 17.7 Å². The SMILES string of the molecule is CSCCC(N)C(=O)NC(Cc1ccccc1)C(=O)NC(CCC(=O)O)C(=O)NCC(=O)O. The molecule has 0 aliphatic carbocycles. The summed E-state index contributed by atoms with van der Waals surface area (Å²) in [6.07, 6.45) is 1.71. The minimum atomic E-state index is -1.30. The van der Waals surface area contributed by atoms with Crippen molar-refractivity contribution in [2.45, 2.75) is 43.8 Å². The maximum atomic E-state index is 13.0. The second-order valence-corrected chi connectivity index (χ2v) is 8.23. The molecule has 1 aromatic carbocycles. The smallest absolute Gasteiger partial charge is 0.322 e. The van der Waals surface area contributed by atoms with Crippen LogP contribution in [0.4, 0.5) is 0 Å². The van der Waals surface area contributed by atoms with E-state index in [1.54, 1.807) is 30.3 Å². The van der Waals surface area contributed by atoms with E-state index >= 15 is 0 Å². The molecule has 0 aromatic heterocycles. The highest BCUT2D eigenvalue weighted by molar-refractivity contribution is 7.98. The number of amides is 3. The Morgan fingerprint density at radius 3 is 2.12 bits per heavy atom. The van der Waals surface area contributed by atoms with Gasteiger partial charge in [0.1, 0.15) is 18.6 Å². The molecule has 0 bridgehead atoms. The monoisotopic (exact) mass is 482 g/mol. The van der Waals surface area contributed by atoms with E-state index in [9.17, 15) is 24.0 Å². The summed E-state index contributed by atoms with van der Waals surface area (Å²) in [6, 6.07) is 5.66. The Balaban J connectivity index is 2.99. The fourth-order valence-corrected chi connectivity index (χ4v) is 3.30. The first-order valence-corrected chi connectivity index (χ1v) is 11.6. The van der Waals surface area contributed by atoms with Gasteiger partial charge in [0.15, 0.2) is 0 Å². The van der Waals surface area contributed by atoms with Gasteiger partial charge in [-0.2, -0.15) is 11.8 Å². The molecule has 0 fully saturated rings. The zero-order chi connectivity index (χ0) is 24.8. The third-order valence-corrected chi connectivity index (χ3v) is 5.22. The van der Waals surface area contributed by atoms with Crippen molar-refractivity contribution in [1.29, 1.82) is 0 Å². The van der Waals surface area contributed by atoms with Crippen molar-refractivity contribution < 1.29 is 34.2 Å². The molecule has 1 aromatic rings. The number of carboxylic acid groups (broad SMARTS) is 2. The van der Waals surface area contributed by atoms with Gasteiger partial charge in [-0.15, -0.1) is 0 Å². The van der Waals surface area contributed by atoms with Crippen LogP contribution in [0, 0.1) is 0 Å². The van der Waals surface area contributed by atoms with Crippen LogP contribution in [0.2, 0.25) is 0 Å². The largest absolute Gasteiger partial charge is 0.481 e. The average Bonchev–Trinajstić information content (AvgIpc) is 2.78. The Labute approximate surface area is 195 Å². The van der Waals surface area contributed by atoms with Crippen LogP contribution in [0.1, 0.15) is 24.8 Å². The predicted molar refractivity (Wildman–Crippen MR) is 122 cm³/mol. The third-order valence-electron chi connectivity index (χ3n) is 4.58. The Morgan fingerprint density at radius 2 is 1.55 bits per heavy atom. The first-order chi connectivity index (χ1) is 15.6. The number of thioether (sulfide) groups is 1. The van der Waals surface area contributed by atoms with Gasteiger partial charge >= 0.3 is 11.9 Å². The number of aliphatic carboxylic acids is 2. The summed E-state index contributed by atoms with van der Waals surface area (Å²) >= 11 is 1.53. The minimum Gasteiger partial charge on any atom is -0.481 e. The first-order valence-electron chi connectivity index (χ1n) is 10.2. The fourth-order valence-electron chi connectivity index (χ4n) is 2.81. The second kappa shape index (κ2) is 14.9. The topological polar surface area (TPSA) is 188 Å². The number of nitrogens with two attached hydrogens (primary N) is 1. The lowest BCUT2D eigenvalue weighted by Gasteiger charge is -2.24. The summed E-state index contributed by atoms with van der Waals surface area (Å²) in [5.74, 6) is -3.91. The van der Waals surface area contributed by atoms with Crippen LogP contribution in [-0.4, -0.2) is 76.6 Å². The molecule has 7 N–H and O–H groups in total. The summed E-state index contributed by atoms with van der Waals surface area (Å²) in [6.45, 7) is -0.688. The lowest BCUT2D eigenvalue weighted by atomic mass is 10.0. The van der Waals surface area contributed by atoms with Gasteiger partial charge in [-0.1, -0.05) is 30.3 Å². The molecule has 33 heavy (non-hydrogen) atoms. The average molecular weight is 483 g/mol. The van der Waals surface area contributed by atoms with Crippen molar-refractivity contribution in [3.05, 3.63) is 35.9 Å². The quantitative estimate of drug-likeness (QED) is 0.189. The number of nitrogens with one attached hydrogen (secondary N) is 3. The van der Waals surface area contributed by atoms with Gasteiger partial charge in [0, 0.05) is 12.8 Å². The minimum absolute atomic E-state index is 0.107. The number of carboxylic acids is 2. The van der Waals surface area contributed by atoms with Crippen LogP contribution in [0.5, 0.6) is 0 Å². The third kappa shape index (κ3) is 11.3. The van der Waals surface area contributed by atoms with Crippen molar-refractivity contribution in [1.82, 2.24) is 16.0 Å². The lowest BCUT2D eigenvalue weighted by molar-refractivity contribution is -0.140. The van der Waals surface area contributed by atoms with Gasteiger partial charge in [-0.05, 0) is 30.4 Å². The molecule has 0 radical (unpaired) electrons. The van der Waals surface area contributed by atoms with Crippen LogP contribution < -0.4 is 21.7 Å². The molecule has 0 heterocycles. The Bertz CT molecular complexity index is 822. The Morgan fingerprint density at radius 1 is 0.909 bits per heavy atom. The molecular weight excluding hydrogens is 452 g/mol. The standard InChI is InChI=1S/C21H30N4O7S/c1-33-10-9-14(22)19(30)25-16(11-13-5-3-2-4-6-13)21(32)24-15(7-8-17(26)27)20(31)23-12-18(28)29/h2-6,14-16H,7-12,22H2,1H3,(H,23,31)(H,24,32)(H,25,30)(H,26,27)(H,28,29). The molecule has 0 aliphatic heterocycles. The van der Waals surface area contributed by atoms with Crippen LogP contribution in [0.25, 0.3) is 0 Å². The number of carbonyl (C=O) groups is 5. The van der Waals surface area contributed by atoms with Gasteiger partial charge in [-0.3, -0.25) is 24.0 Å². The molecule has 1 rings (SSSR count). The number of hydrogen-bond donors (Lipinski definition) is 6. The normalized spacial score (nSPS) is 13.3. The summed E-state index contributed by atoms with van der Waals surface area (Å²) in [4.78, 5) is 59.5. The van der Waals surface area contributed by atoms with Crippen molar-refractivity contribution in [2.75, 3.05) is 18.6 Å². The second-order valence-electron chi connectivity index (χ2n) is 7.24. The summed E-state index contributed by atoms with van der Waals surface area (Å²) < 4.78 is 0. The van der Waals surface area contributed by atoms with Crippen molar-refractivity contribution >= 4 is 41.4 Å². The van der Waals surface area contributed by atoms with E-state index in [0.29, 0.717) is 12.2 Å². The number of benzene rings is 1. The highest BCUT2D eigenvalue weighted by Crippen LogP contribution is 2.07. The summed E-state index contributed by atoms with van der Waals surface area (Å²) in [5, 5.41) is 24.9. The van der Waals surface area contributed by atoms with E-state index in [-0.39, 0.29) is 12.8 Å². The van der Waals surface area contributed by atoms with Crippen LogP contribution in [-0.2, 0) is 30.4 Å². The van der Waals surface area contributed by atoms with Crippen molar-refractivity contribution in [3.63, 3.8) is 0 Å². The van der Waals surface area contributed by atoms with Crippen LogP contribution >= 0.6 is 11.8 Å². The zero-order valence-electron chi connectivity index (χ0n) is 18.3. The Kier molecular flexibility index (Phi) is 12.6. The summed E-state index contributed by atoms with van der Waals surface area (Å²) in [5.41, 5.74) is 6.64. The molecule has 12 heteroatoms. The molecule has 0 aliphatic rings. The van der Waals surface area contributed by atoms with Crippen LogP contribution in [0.3, 0.4) is 0 Å². The maximum absolute atomic E-state index is 13.0. The van der Waals surface area contributed by atoms with Gasteiger partial charge in [0.25, 0.3) is 0 Å². The first kappa shape index (κ1) is 27.9. The van der Waals surface area contributed by atoms with E-state index in [2.05, 4.69) is 16.0 Å².